The van der Waals surface area contributed by atoms with E-state index in [1.54, 1.807) is 6.07 Å². The summed E-state index contributed by atoms with van der Waals surface area (Å²) in [6, 6.07) is 32.2. The van der Waals surface area contributed by atoms with E-state index in [0.717, 1.165) is 44.2 Å². The molecule has 6 aromatic rings. The quantitative estimate of drug-likeness (QED) is 0.184. The summed E-state index contributed by atoms with van der Waals surface area (Å²) in [6.07, 6.45) is 1.14. The van der Waals surface area contributed by atoms with Gasteiger partial charge in [0, 0.05) is 23.5 Å². The Hall–Kier alpha value is -4.33. The molecule has 0 radical (unpaired) electrons. The Morgan fingerprint density at radius 2 is 1.40 bits per heavy atom. The summed E-state index contributed by atoms with van der Waals surface area (Å²) in [4.78, 5) is 13.3. The standard InChI is InChI=1S/C17H17NO2.C11H9BrO3.C8H10.C2H6/c1-12-8-13-10-15(11-19)20-17(13)16(9-12)18(2)14-6-4-3-5-7-14;1-6-3-7-5-9(11(13)14-2)15-10(7)8(12)4-6;1-2-8-6-4-3-5-7-8;1-2/h3-10,19H,11H2,1-2H3;3-5H,1-2H3;3-7H,2H2,1H3;1-2H3. The third-order valence-corrected chi connectivity index (χ3v) is 7.39. The minimum Gasteiger partial charge on any atom is -0.463 e. The Labute approximate surface area is 274 Å². The number of carbonyl (C=O) groups is 1. The highest BCUT2D eigenvalue weighted by atomic mass is 79.9. The van der Waals surface area contributed by atoms with Gasteiger partial charge in [0.25, 0.3) is 0 Å². The number of anilines is 2. The van der Waals surface area contributed by atoms with Gasteiger partial charge in [0.1, 0.15) is 18.0 Å². The van der Waals surface area contributed by atoms with Gasteiger partial charge in [-0.15, -0.1) is 0 Å². The number of aliphatic hydroxyl groups is 1. The van der Waals surface area contributed by atoms with Gasteiger partial charge in [-0.2, -0.15) is 0 Å². The summed E-state index contributed by atoms with van der Waals surface area (Å²) in [5.74, 6) is 0.350. The number of hydrogen-bond acceptors (Lipinski definition) is 6. The normalized spacial score (nSPS) is 10.2. The molecule has 0 aliphatic carbocycles. The van der Waals surface area contributed by atoms with Gasteiger partial charge < -0.3 is 23.6 Å². The maximum absolute atomic E-state index is 11.2. The van der Waals surface area contributed by atoms with Crippen molar-refractivity contribution in [3.8, 4) is 0 Å². The van der Waals surface area contributed by atoms with E-state index in [-0.39, 0.29) is 12.4 Å². The number of carbonyl (C=O) groups excluding carboxylic acids is 1. The molecule has 2 heterocycles. The SMILES string of the molecule is CC.CCc1ccccc1.COC(=O)c1cc2cc(C)cc(Br)c2o1.Cc1cc(N(C)c2ccccc2)c2oc(CO)cc2c1. The van der Waals surface area contributed by atoms with Crippen LogP contribution >= 0.6 is 15.9 Å². The molecule has 236 valence electrons. The Morgan fingerprint density at radius 1 is 0.822 bits per heavy atom. The van der Waals surface area contributed by atoms with Crippen LogP contribution in [0.5, 0.6) is 0 Å². The van der Waals surface area contributed by atoms with Gasteiger partial charge in [0.05, 0.1) is 17.3 Å². The van der Waals surface area contributed by atoms with Gasteiger partial charge >= 0.3 is 5.97 Å². The average molecular weight is 673 g/mol. The molecule has 0 aliphatic heterocycles. The highest BCUT2D eigenvalue weighted by molar-refractivity contribution is 9.10. The van der Waals surface area contributed by atoms with E-state index in [4.69, 9.17) is 8.83 Å². The molecule has 0 bridgehead atoms. The number of para-hydroxylation sites is 1. The van der Waals surface area contributed by atoms with Crippen LogP contribution in [0.25, 0.3) is 21.9 Å². The first-order chi connectivity index (χ1) is 21.7. The molecule has 1 N–H and O–H groups in total. The fourth-order valence-corrected chi connectivity index (χ4v) is 5.29. The van der Waals surface area contributed by atoms with Crippen LogP contribution in [0.1, 0.15) is 53.8 Å². The van der Waals surface area contributed by atoms with E-state index in [0.29, 0.717) is 11.3 Å². The van der Waals surface area contributed by atoms with Crippen LogP contribution in [0, 0.1) is 13.8 Å². The molecule has 2 aromatic heterocycles. The number of aryl methyl sites for hydroxylation is 3. The zero-order chi connectivity index (χ0) is 32.9. The van der Waals surface area contributed by atoms with E-state index in [1.165, 1.54) is 18.2 Å². The second-order valence-corrected chi connectivity index (χ2v) is 10.9. The molecular weight excluding hydrogens is 630 g/mol. The lowest BCUT2D eigenvalue weighted by molar-refractivity contribution is 0.0567. The number of fused-ring (bicyclic) bond motifs is 2. The summed E-state index contributed by atoms with van der Waals surface area (Å²) < 4.78 is 16.6. The molecule has 0 saturated carbocycles. The second-order valence-electron chi connectivity index (χ2n) is 10.1. The fraction of sp³-hybridized carbons (Fsp3) is 0.237. The topological polar surface area (TPSA) is 76.0 Å². The van der Waals surface area contributed by atoms with Crippen molar-refractivity contribution in [2.75, 3.05) is 19.1 Å². The number of methoxy groups -OCH3 is 1. The van der Waals surface area contributed by atoms with E-state index < -0.39 is 5.97 Å². The zero-order valence-electron chi connectivity index (χ0n) is 27.1. The number of ether oxygens (including phenoxy) is 1. The fourth-order valence-electron chi connectivity index (χ4n) is 4.62. The Balaban J connectivity index is 0.000000194. The maximum atomic E-state index is 11.2. The van der Waals surface area contributed by atoms with Gasteiger partial charge in [-0.05, 0) is 101 Å². The number of hydrogen-bond donors (Lipinski definition) is 1. The monoisotopic (exact) mass is 671 g/mol. The van der Waals surface area contributed by atoms with Crippen LogP contribution in [-0.2, 0) is 17.8 Å². The average Bonchev–Trinajstić information content (AvgIpc) is 3.70. The molecule has 0 fully saturated rings. The molecule has 4 aromatic carbocycles. The molecule has 7 heteroatoms. The van der Waals surface area contributed by atoms with Crippen molar-refractivity contribution in [2.24, 2.45) is 0 Å². The summed E-state index contributed by atoms with van der Waals surface area (Å²) in [7, 11) is 3.35. The highest BCUT2D eigenvalue weighted by Gasteiger charge is 2.15. The Kier molecular flexibility index (Phi) is 13.5. The predicted octanol–water partition coefficient (Wildman–Crippen LogP) is 10.6. The van der Waals surface area contributed by atoms with Crippen LogP contribution in [0.2, 0.25) is 0 Å². The van der Waals surface area contributed by atoms with Crippen molar-refractivity contribution >= 4 is 55.2 Å². The number of halogens is 1. The summed E-state index contributed by atoms with van der Waals surface area (Å²) >= 11 is 3.39. The third-order valence-electron chi connectivity index (χ3n) is 6.81. The lowest BCUT2D eigenvalue weighted by Crippen LogP contribution is -2.09. The molecule has 0 atom stereocenters. The van der Waals surface area contributed by atoms with Crippen molar-refractivity contribution in [2.45, 2.75) is 47.6 Å². The molecule has 0 saturated heterocycles. The first kappa shape index (κ1) is 35.2. The minimum atomic E-state index is -0.462. The smallest absolute Gasteiger partial charge is 0.373 e. The van der Waals surface area contributed by atoms with Gasteiger partial charge in [-0.25, -0.2) is 4.79 Å². The number of aliphatic hydroxyl groups excluding tert-OH is 1. The van der Waals surface area contributed by atoms with Crippen LogP contribution < -0.4 is 4.90 Å². The number of rotatable bonds is 5. The molecule has 6 rings (SSSR count). The lowest BCUT2D eigenvalue weighted by Gasteiger charge is -2.20. The Bertz CT molecular complexity index is 1790. The van der Waals surface area contributed by atoms with Crippen molar-refractivity contribution < 1.29 is 23.5 Å². The van der Waals surface area contributed by atoms with Gasteiger partial charge in [-0.1, -0.05) is 69.3 Å². The first-order valence-corrected chi connectivity index (χ1v) is 15.8. The van der Waals surface area contributed by atoms with Gasteiger partial charge in [-0.3, -0.25) is 0 Å². The molecule has 6 nitrogen and oxygen atoms in total. The van der Waals surface area contributed by atoms with Crippen LogP contribution in [-0.4, -0.2) is 25.2 Å². The second kappa shape index (κ2) is 17.2. The van der Waals surface area contributed by atoms with Crippen molar-refractivity contribution in [1.82, 2.24) is 0 Å². The molecule has 0 spiro atoms. The predicted molar refractivity (Wildman–Crippen MR) is 189 cm³/mol. The number of nitrogens with zero attached hydrogens (tertiary/aromatic N) is 1. The molecule has 0 aliphatic rings. The lowest BCUT2D eigenvalue weighted by atomic mass is 10.1. The largest absolute Gasteiger partial charge is 0.463 e. The van der Waals surface area contributed by atoms with E-state index in [1.807, 2.05) is 70.3 Å². The van der Waals surface area contributed by atoms with Crippen molar-refractivity contribution in [3.05, 3.63) is 130 Å². The highest BCUT2D eigenvalue weighted by Crippen LogP contribution is 2.34. The maximum Gasteiger partial charge on any atom is 0.373 e. The Morgan fingerprint density at radius 3 is 1.96 bits per heavy atom. The van der Waals surface area contributed by atoms with Gasteiger partial charge in [0.15, 0.2) is 5.58 Å². The van der Waals surface area contributed by atoms with E-state index in [9.17, 15) is 9.90 Å². The summed E-state index contributed by atoms with van der Waals surface area (Å²) in [6.45, 7) is 10.1. The van der Waals surface area contributed by atoms with E-state index >= 15 is 0 Å². The van der Waals surface area contributed by atoms with Crippen molar-refractivity contribution in [1.29, 1.82) is 0 Å². The number of furan rings is 2. The first-order valence-electron chi connectivity index (χ1n) is 15.0. The summed E-state index contributed by atoms with van der Waals surface area (Å²) in [5, 5.41) is 11.2. The minimum absolute atomic E-state index is 0.0811. The molecular formula is C38H42BrNO5. The third kappa shape index (κ3) is 9.33. The molecule has 0 amide bonds. The van der Waals surface area contributed by atoms with E-state index in [2.05, 4.69) is 87.9 Å². The number of esters is 1. The van der Waals surface area contributed by atoms with Crippen molar-refractivity contribution in [3.63, 3.8) is 0 Å². The molecule has 45 heavy (non-hydrogen) atoms. The van der Waals surface area contributed by atoms with Crippen LogP contribution in [0.4, 0.5) is 11.4 Å². The zero-order valence-corrected chi connectivity index (χ0v) is 28.6. The molecule has 0 unspecified atom stereocenters. The summed E-state index contributed by atoms with van der Waals surface area (Å²) in [5.41, 5.74) is 7.26. The number of benzene rings is 4. The van der Waals surface area contributed by atoms with Gasteiger partial charge in [0.2, 0.25) is 5.76 Å². The van der Waals surface area contributed by atoms with Crippen LogP contribution in [0.3, 0.4) is 0 Å². The van der Waals surface area contributed by atoms with Crippen LogP contribution in [0.15, 0.2) is 110 Å².